The highest BCUT2D eigenvalue weighted by Crippen LogP contribution is 2.39. The van der Waals surface area contributed by atoms with Crippen molar-refractivity contribution in [3.63, 3.8) is 0 Å². The van der Waals surface area contributed by atoms with E-state index in [1.807, 2.05) is 18.2 Å². The molecule has 7 heteroatoms. The summed E-state index contributed by atoms with van der Waals surface area (Å²) in [5.41, 5.74) is 0.407. The lowest BCUT2D eigenvalue weighted by Crippen LogP contribution is -2.52. The van der Waals surface area contributed by atoms with Gasteiger partial charge in [-0.1, -0.05) is 29.3 Å². The highest BCUT2D eigenvalue weighted by molar-refractivity contribution is 6.42. The number of aliphatic hydroxyl groups is 1. The first-order valence-corrected chi connectivity index (χ1v) is 9.52. The number of benzene rings is 1. The molecule has 1 atom stereocenters. The van der Waals surface area contributed by atoms with Crippen LogP contribution in [0.3, 0.4) is 0 Å². The summed E-state index contributed by atoms with van der Waals surface area (Å²) >= 11 is 12.4. The van der Waals surface area contributed by atoms with E-state index in [9.17, 15) is 5.11 Å². The SMILES string of the molecule is CN1CCC(O)(C(CN2CCNCC2)c2ccc(Cl)c(Cl)c2)CC1.Cl. The van der Waals surface area contributed by atoms with Gasteiger partial charge in [0.1, 0.15) is 0 Å². The monoisotopic (exact) mass is 407 g/mol. The second kappa shape index (κ2) is 9.23. The Morgan fingerprint density at radius 1 is 1.12 bits per heavy atom. The van der Waals surface area contributed by atoms with E-state index in [-0.39, 0.29) is 18.3 Å². The molecule has 4 nitrogen and oxygen atoms in total. The Balaban J connectivity index is 0.00000225. The van der Waals surface area contributed by atoms with Crippen molar-refractivity contribution in [1.29, 1.82) is 0 Å². The van der Waals surface area contributed by atoms with Crippen molar-refractivity contribution in [2.24, 2.45) is 0 Å². The molecule has 2 aliphatic heterocycles. The van der Waals surface area contributed by atoms with Crippen LogP contribution in [0.5, 0.6) is 0 Å². The predicted octanol–water partition coefficient (Wildman–Crippen LogP) is 2.86. The molecular formula is C18H28Cl3N3O. The summed E-state index contributed by atoms with van der Waals surface area (Å²) in [5, 5.41) is 16.0. The smallest absolute Gasteiger partial charge is 0.0752 e. The Labute approximate surface area is 166 Å². The number of piperazine rings is 1. The molecule has 1 aromatic carbocycles. The molecule has 25 heavy (non-hydrogen) atoms. The molecule has 142 valence electrons. The summed E-state index contributed by atoms with van der Waals surface area (Å²) in [6.07, 6.45) is 1.58. The average molecular weight is 409 g/mol. The van der Waals surface area contributed by atoms with E-state index in [2.05, 4.69) is 22.2 Å². The van der Waals surface area contributed by atoms with Gasteiger partial charge in [-0.15, -0.1) is 12.4 Å². The zero-order valence-corrected chi connectivity index (χ0v) is 17.0. The van der Waals surface area contributed by atoms with E-state index in [1.165, 1.54) is 0 Å². The van der Waals surface area contributed by atoms with Crippen LogP contribution in [0.4, 0.5) is 0 Å². The molecule has 1 unspecified atom stereocenters. The molecule has 0 aliphatic carbocycles. The van der Waals surface area contributed by atoms with Crippen molar-refractivity contribution < 1.29 is 5.11 Å². The largest absolute Gasteiger partial charge is 0.389 e. The summed E-state index contributed by atoms with van der Waals surface area (Å²) in [5.74, 6) is 0.0547. The van der Waals surface area contributed by atoms with Gasteiger partial charge in [0.2, 0.25) is 0 Å². The van der Waals surface area contributed by atoms with Crippen LogP contribution >= 0.6 is 35.6 Å². The standard InChI is InChI=1S/C18H27Cl2N3O.ClH/c1-22-8-4-18(24,5-9-22)15(13-23-10-6-21-7-11-23)14-2-3-16(19)17(20)12-14;/h2-3,12,15,21,24H,4-11,13H2,1H3;1H. The van der Waals surface area contributed by atoms with Crippen molar-refractivity contribution >= 4 is 35.6 Å². The van der Waals surface area contributed by atoms with Crippen molar-refractivity contribution in [3.05, 3.63) is 33.8 Å². The van der Waals surface area contributed by atoms with Crippen LogP contribution in [0, 0.1) is 0 Å². The van der Waals surface area contributed by atoms with Crippen LogP contribution in [0.2, 0.25) is 10.0 Å². The Morgan fingerprint density at radius 2 is 1.76 bits per heavy atom. The third-order valence-corrected chi connectivity index (χ3v) is 6.24. The van der Waals surface area contributed by atoms with Gasteiger partial charge in [-0.3, -0.25) is 0 Å². The number of hydrogen-bond donors (Lipinski definition) is 2. The molecule has 0 aromatic heterocycles. The van der Waals surface area contributed by atoms with Crippen molar-refractivity contribution in [2.45, 2.75) is 24.4 Å². The van der Waals surface area contributed by atoms with E-state index in [0.29, 0.717) is 10.0 Å². The maximum absolute atomic E-state index is 11.4. The maximum Gasteiger partial charge on any atom is 0.0752 e. The fraction of sp³-hybridized carbons (Fsp3) is 0.667. The number of likely N-dealkylation sites (tertiary alicyclic amines) is 1. The fourth-order valence-corrected chi connectivity index (χ4v) is 4.13. The van der Waals surface area contributed by atoms with Gasteiger partial charge in [-0.25, -0.2) is 0 Å². The van der Waals surface area contributed by atoms with Gasteiger partial charge in [-0.2, -0.15) is 0 Å². The Bertz CT molecular complexity index is 558. The highest BCUT2D eigenvalue weighted by Gasteiger charge is 2.41. The quantitative estimate of drug-likeness (QED) is 0.803. The molecule has 0 bridgehead atoms. The summed E-state index contributed by atoms with van der Waals surface area (Å²) < 4.78 is 0. The summed E-state index contributed by atoms with van der Waals surface area (Å²) in [7, 11) is 2.12. The highest BCUT2D eigenvalue weighted by atomic mass is 35.5. The minimum Gasteiger partial charge on any atom is -0.389 e. The van der Waals surface area contributed by atoms with Gasteiger partial charge in [0.05, 0.1) is 15.6 Å². The molecule has 0 saturated carbocycles. The van der Waals surface area contributed by atoms with Crippen LogP contribution in [0.15, 0.2) is 18.2 Å². The fourth-order valence-electron chi connectivity index (χ4n) is 3.82. The zero-order chi connectivity index (χ0) is 17.2. The third-order valence-electron chi connectivity index (χ3n) is 5.50. The van der Waals surface area contributed by atoms with E-state index in [0.717, 1.165) is 64.2 Å². The van der Waals surface area contributed by atoms with Crippen LogP contribution in [-0.4, -0.2) is 73.4 Å². The minimum atomic E-state index is -0.686. The minimum absolute atomic E-state index is 0. The summed E-state index contributed by atoms with van der Waals surface area (Å²) in [6.45, 7) is 6.78. The van der Waals surface area contributed by atoms with Gasteiger partial charge in [-0.05, 0) is 37.6 Å². The van der Waals surface area contributed by atoms with E-state index < -0.39 is 5.60 Å². The molecule has 2 N–H and O–H groups in total. The number of halogens is 3. The lowest BCUT2D eigenvalue weighted by atomic mass is 9.75. The van der Waals surface area contributed by atoms with Gasteiger partial charge in [0, 0.05) is 51.7 Å². The number of nitrogens with one attached hydrogen (secondary N) is 1. The van der Waals surface area contributed by atoms with Crippen LogP contribution in [-0.2, 0) is 0 Å². The Kier molecular flexibility index (Phi) is 7.84. The van der Waals surface area contributed by atoms with Crippen molar-refractivity contribution in [2.75, 3.05) is 52.9 Å². The van der Waals surface area contributed by atoms with E-state index in [1.54, 1.807) is 0 Å². The topological polar surface area (TPSA) is 38.7 Å². The number of rotatable bonds is 4. The number of piperidine rings is 1. The lowest BCUT2D eigenvalue weighted by Gasteiger charge is -2.44. The molecule has 2 saturated heterocycles. The number of hydrogen-bond acceptors (Lipinski definition) is 4. The van der Waals surface area contributed by atoms with Gasteiger partial charge in [0.25, 0.3) is 0 Å². The molecule has 0 radical (unpaired) electrons. The van der Waals surface area contributed by atoms with E-state index >= 15 is 0 Å². The first-order chi connectivity index (χ1) is 11.5. The molecule has 2 fully saturated rings. The maximum atomic E-state index is 11.4. The first kappa shape index (κ1) is 21.2. The van der Waals surface area contributed by atoms with Crippen molar-refractivity contribution in [1.82, 2.24) is 15.1 Å². The normalized spacial score (nSPS) is 23.0. The summed E-state index contributed by atoms with van der Waals surface area (Å²) in [4.78, 5) is 4.73. The van der Waals surface area contributed by atoms with Gasteiger partial charge < -0.3 is 20.2 Å². The predicted molar refractivity (Wildman–Crippen MR) is 107 cm³/mol. The van der Waals surface area contributed by atoms with Gasteiger partial charge >= 0.3 is 0 Å². The average Bonchev–Trinajstić information content (AvgIpc) is 2.59. The second-order valence-corrected chi connectivity index (χ2v) is 8.00. The van der Waals surface area contributed by atoms with Crippen LogP contribution in [0.1, 0.15) is 24.3 Å². The molecule has 2 heterocycles. The molecule has 0 spiro atoms. The second-order valence-electron chi connectivity index (χ2n) is 7.18. The first-order valence-electron chi connectivity index (χ1n) is 8.77. The molecule has 2 aliphatic rings. The molecular weight excluding hydrogens is 381 g/mol. The Hall–Kier alpha value is -0.0700. The summed E-state index contributed by atoms with van der Waals surface area (Å²) in [6, 6.07) is 5.81. The molecule has 3 rings (SSSR count). The molecule has 1 aromatic rings. The van der Waals surface area contributed by atoms with E-state index in [4.69, 9.17) is 23.2 Å². The van der Waals surface area contributed by atoms with Crippen LogP contribution in [0.25, 0.3) is 0 Å². The molecule has 0 amide bonds. The van der Waals surface area contributed by atoms with Crippen molar-refractivity contribution in [3.8, 4) is 0 Å². The van der Waals surface area contributed by atoms with Crippen LogP contribution < -0.4 is 5.32 Å². The van der Waals surface area contributed by atoms with Gasteiger partial charge in [0.15, 0.2) is 0 Å². The third kappa shape index (κ3) is 5.23. The zero-order valence-electron chi connectivity index (χ0n) is 14.7. The lowest BCUT2D eigenvalue weighted by molar-refractivity contribution is -0.0466. The Morgan fingerprint density at radius 3 is 2.36 bits per heavy atom. The number of nitrogens with zero attached hydrogens (tertiary/aromatic N) is 2.